The highest BCUT2D eigenvalue weighted by Gasteiger charge is 2.21. The number of carbonyl (C=O) groups is 3. The van der Waals surface area contributed by atoms with E-state index in [4.69, 9.17) is 5.11 Å². The molecule has 0 aliphatic carbocycles. The molecule has 2 N–H and O–H groups in total. The smallest absolute Gasteiger partial charge is 0.303 e. The Morgan fingerprint density at radius 3 is 1.55 bits per heavy atom. The Kier molecular flexibility index (Phi) is 15.5. The fourth-order valence-corrected chi connectivity index (χ4v) is 4.57. The standard InChI is InChI=1S/C28H47NO4/c1-4-5-6-7-8-9-10-11-12-13-14-15-16-17-18-19-24(30)27-22(2)28(29-23(27)3)25(31)20-21-26(32)33/h29H,4-21H2,1-3H3,(H,32,33). The minimum Gasteiger partial charge on any atom is -0.481 e. The quantitative estimate of drug-likeness (QED) is 0.143. The number of ketones is 2. The first-order valence-electron chi connectivity index (χ1n) is 13.4. The second kappa shape index (κ2) is 17.6. The molecular formula is C28H47NO4. The van der Waals surface area contributed by atoms with Gasteiger partial charge < -0.3 is 10.1 Å². The normalized spacial score (nSPS) is 11.1. The van der Waals surface area contributed by atoms with E-state index in [1.807, 2.05) is 0 Å². The highest BCUT2D eigenvalue weighted by atomic mass is 16.4. The summed E-state index contributed by atoms with van der Waals surface area (Å²) in [5.41, 5.74) is 2.36. The molecule has 33 heavy (non-hydrogen) atoms. The van der Waals surface area contributed by atoms with E-state index in [0.29, 0.717) is 28.9 Å². The van der Waals surface area contributed by atoms with Gasteiger partial charge in [0, 0.05) is 24.1 Å². The summed E-state index contributed by atoms with van der Waals surface area (Å²) < 4.78 is 0. The third-order valence-corrected chi connectivity index (χ3v) is 6.57. The Hall–Kier alpha value is -1.91. The molecule has 0 saturated heterocycles. The number of rotatable bonds is 21. The van der Waals surface area contributed by atoms with E-state index in [2.05, 4.69) is 11.9 Å². The predicted octanol–water partition coefficient (Wildman–Crippen LogP) is 8.12. The lowest BCUT2D eigenvalue weighted by Crippen LogP contribution is -2.06. The van der Waals surface area contributed by atoms with Crippen LogP contribution in [0.1, 0.15) is 155 Å². The van der Waals surface area contributed by atoms with Crippen LogP contribution in [0.3, 0.4) is 0 Å². The summed E-state index contributed by atoms with van der Waals surface area (Å²) in [7, 11) is 0. The number of H-pyrrole nitrogens is 1. The monoisotopic (exact) mass is 461 g/mol. The highest BCUT2D eigenvalue weighted by Crippen LogP contribution is 2.22. The number of carboxylic acid groups (broad SMARTS) is 1. The van der Waals surface area contributed by atoms with Crippen LogP contribution in [-0.4, -0.2) is 27.6 Å². The number of aromatic nitrogens is 1. The zero-order valence-electron chi connectivity index (χ0n) is 21.4. The van der Waals surface area contributed by atoms with E-state index in [0.717, 1.165) is 12.8 Å². The maximum atomic E-state index is 12.7. The minimum atomic E-state index is -0.992. The number of nitrogens with one attached hydrogen (secondary N) is 1. The molecule has 1 rings (SSSR count). The van der Waals surface area contributed by atoms with E-state index >= 15 is 0 Å². The number of carbonyl (C=O) groups excluding carboxylic acids is 2. The van der Waals surface area contributed by atoms with Crippen molar-refractivity contribution < 1.29 is 19.5 Å². The molecule has 0 atom stereocenters. The van der Waals surface area contributed by atoms with Crippen molar-refractivity contribution in [2.45, 2.75) is 136 Å². The summed E-state index contributed by atoms with van der Waals surface area (Å²) >= 11 is 0. The molecule has 1 aromatic rings. The van der Waals surface area contributed by atoms with E-state index in [9.17, 15) is 14.4 Å². The first kappa shape index (κ1) is 29.1. The summed E-state index contributed by atoms with van der Waals surface area (Å²) in [6.45, 7) is 5.84. The number of aliphatic carboxylic acids is 1. The lowest BCUT2D eigenvalue weighted by atomic mass is 9.98. The highest BCUT2D eigenvalue weighted by molar-refractivity contribution is 6.04. The molecular weight excluding hydrogens is 414 g/mol. The van der Waals surface area contributed by atoms with Gasteiger partial charge in [-0.25, -0.2) is 0 Å². The summed E-state index contributed by atoms with van der Waals surface area (Å²) in [6, 6.07) is 0. The second-order valence-electron chi connectivity index (χ2n) is 9.56. The van der Waals surface area contributed by atoms with Crippen LogP contribution in [0.25, 0.3) is 0 Å². The van der Waals surface area contributed by atoms with Crippen LogP contribution in [0.2, 0.25) is 0 Å². The SMILES string of the molecule is CCCCCCCCCCCCCCCCCC(=O)c1c(C)[nH]c(C(=O)CCC(=O)O)c1C. The molecule has 188 valence electrons. The van der Waals surface area contributed by atoms with E-state index in [1.54, 1.807) is 13.8 Å². The van der Waals surface area contributed by atoms with Crippen LogP contribution in [-0.2, 0) is 4.79 Å². The zero-order valence-corrected chi connectivity index (χ0v) is 21.4. The van der Waals surface area contributed by atoms with Crippen molar-refractivity contribution in [1.29, 1.82) is 0 Å². The van der Waals surface area contributed by atoms with E-state index in [-0.39, 0.29) is 24.4 Å². The first-order valence-corrected chi connectivity index (χ1v) is 13.4. The molecule has 0 spiro atoms. The van der Waals surface area contributed by atoms with E-state index in [1.165, 1.54) is 83.5 Å². The number of hydrogen-bond donors (Lipinski definition) is 2. The van der Waals surface area contributed by atoms with Crippen molar-refractivity contribution in [1.82, 2.24) is 4.98 Å². The van der Waals surface area contributed by atoms with Gasteiger partial charge >= 0.3 is 5.97 Å². The minimum absolute atomic E-state index is 0.0528. The van der Waals surface area contributed by atoms with Gasteiger partial charge in [0.25, 0.3) is 0 Å². The molecule has 0 fully saturated rings. The molecule has 0 saturated carbocycles. The van der Waals surface area contributed by atoms with Gasteiger partial charge in [0.15, 0.2) is 11.6 Å². The van der Waals surface area contributed by atoms with Crippen molar-refractivity contribution >= 4 is 17.5 Å². The Balaban J connectivity index is 2.13. The first-order chi connectivity index (χ1) is 15.9. The third kappa shape index (κ3) is 12.2. The average Bonchev–Trinajstić information content (AvgIpc) is 3.08. The van der Waals surface area contributed by atoms with Gasteiger partial charge in [0.2, 0.25) is 0 Å². The largest absolute Gasteiger partial charge is 0.481 e. The average molecular weight is 462 g/mol. The molecule has 0 amide bonds. The Labute approximate surface area is 201 Å². The van der Waals surface area contributed by atoms with Crippen LogP contribution in [0.5, 0.6) is 0 Å². The summed E-state index contributed by atoms with van der Waals surface area (Å²) in [5, 5.41) is 8.77. The molecule has 0 bridgehead atoms. The Morgan fingerprint density at radius 2 is 1.09 bits per heavy atom. The molecule has 1 heterocycles. The molecule has 0 radical (unpaired) electrons. The fraction of sp³-hybridized carbons (Fsp3) is 0.750. The topological polar surface area (TPSA) is 87.2 Å². The van der Waals surface area contributed by atoms with Crippen molar-refractivity contribution in [2.24, 2.45) is 0 Å². The number of unbranched alkanes of at least 4 members (excludes halogenated alkanes) is 14. The summed E-state index contributed by atoms with van der Waals surface area (Å²) in [6.07, 6.45) is 19.7. The second-order valence-corrected chi connectivity index (χ2v) is 9.56. The molecule has 0 aliphatic rings. The van der Waals surface area contributed by atoms with Gasteiger partial charge in [-0.3, -0.25) is 14.4 Å². The van der Waals surface area contributed by atoms with Gasteiger partial charge in [-0.05, 0) is 25.8 Å². The molecule has 5 heteroatoms. The Morgan fingerprint density at radius 1 is 0.636 bits per heavy atom. The van der Waals surface area contributed by atoms with Crippen molar-refractivity contribution in [3.8, 4) is 0 Å². The van der Waals surface area contributed by atoms with E-state index < -0.39 is 5.97 Å². The van der Waals surface area contributed by atoms with Crippen molar-refractivity contribution in [2.75, 3.05) is 0 Å². The maximum Gasteiger partial charge on any atom is 0.303 e. The molecule has 1 aromatic heterocycles. The predicted molar refractivity (Wildman–Crippen MR) is 135 cm³/mol. The van der Waals surface area contributed by atoms with Crippen molar-refractivity contribution in [3.63, 3.8) is 0 Å². The van der Waals surface area contributed by atoms with Gasteiger partial charge in [-0.15, -0.1) is 0 Å². The third-order valence-electron chi connectivity index (χ3n) is 6.57. The van der Waals surface area contributed by atoms with Crippen LogP contribution in [0.15, 0.2) is 0 Å². The maximum absolute atomic E-state index is 12.7. The van der Waals surface area contributed by atoms with Crippen LogP contribution in [0.4, 0.5) is 0 Å². The number of hydrogen-bond acceptors (Lipinski definition) is 3. The number of carboxylic acids is 1. The Bertz CT molecular complexity index is 720. The van der Waals surface area contributed by atoms with Crippen LogP contribution >= 0.6 is 0 Å². The summed E-state index contributed by atoms with van der Waals surface area (Å²) in [4.78, 5) is 38.7. The summed E-state index contributed by atoms with van der Waals surface area (Å²) in [5.74, 6) is -1.16. The lowest BCUT2D eigenvalue weighted by molar-refractivity contribution is -0.136. The van der Waals surface area contributed by atoms with Gasteiger partial charge in [-0.2, -0.15) is 0 Å². The van der Waals surface area contributed by atoms with Gasteiger partial charge in [-0.1, -0.05) is 96.8 Å². The molecule has 0 unspecified atom stereocenters. The van der Waals surface area contributed by atoms with Crippen LogP contribution in [0, 0.1) is 13.8 Å². The molecule has 0 aromatic carbocycles. The lowest BCUT2D eigenvalue weighted by Gasteiger charge is -2.04. The molecule has 0 aliphatic heterocycles. The number of aryl methyl sites for hydroxylation is 1. The van der Waals surface area contributed by atoms with Gasteiger partial charge in [0.1, 0.15) is 0 Å². The fourth-order valence-electron chi connectivity index (χ4n) is 4.57. The number of aromatic amines is 1. The van der Waals surface area contributed by atoms with Crippen LogP contribution < -0.4 is 0 Å². The number of Topliss-reactive ketones (excluding diaryl/α,β-unsaturated/α-hetero) is 2. The van der Waals surface area contributed by atoms with Gasteiger partial charge in [0.05, 0.1) is 12.1 Å². The molecule has 5 nitrogen and oxygen atoms in total. The zero-order chi connectivity index (χ0) is 24.5. The van der Waals surface area contributed by atoms with Crippen molar-refractivity contribution in [3.05, 3.63) is 22.5 Å².